The van der Waals surface area contributed by atoms with Gasteiger partial charge in [-0.3, -0.25) is 4.79 Å². The van der Waals surface area contributed by atoms with Crippen molar-refractivity contribution in [2.75, 3.05) is 18.5 Å². The first-order valence-electron chi connectivity index (χ1n) is 10.2. The molecule has 8 heteroatoms. The van der Waals surface area contributed by atoms with Crippen molar-refractivity contribution in [3.05, 3.63) is 52.8 Å². The number of esters is 1. The maximum atomic E-state index is 12.6. The Morgan fingerprint density at radius 1 is 1.35 bits per heavy atom. The minimum absolute atomic E-state index is 0.0485. The maximum Gasteiger partial charge on any atom is 0.340 e. The normalized spacial score (nSPS) is 15.7. The number of anilines is 1. The van der Waals surface area contributed by atoms with E-state index in [0.717, 1.165) is 41.6 Å². The molecule has 31 heavy (non-hydrogen) atoms. The largest absolute Gasteiger partial charge is 0.452 e. The average molecular weight is 420 g/mol. The van der Waals surface area contributed by atoms with Crippen molar-refractivity contribution in [3.63, 3.8) is 0 Å². The maximum absolute atomic E-state index is 12.6. The lowest BCUT2D eigenvalue weighted by Crippen LogP contribution is -2.24. The van der Waals surface area contributed by atoms with Crippen LogP contribution in [0.4, 0.5) is 5.82 Å². The Bertz CT molecular complexity index is 1180. The molecular formula is C23H24N4O4. The molecule has 2 N–H and O–H groups in total. The SMILES string of the molecule is Cc1c(C#N)c(NC(=O)COC(=O)c2c[nH]c3ccccc23)n(C[C@@H]2CCCO2)c1C. The van der Waals surface area contributed by atoms with E-state index in [2.05, 4.69) is 16.4 Å². The highest BCUT2D eigenvalue weighted by atomic mass is 16.5. The van der Waals surface area contributed by atoms with E-state index in [4.69, 9.17) is 9.47 Å². The number of aromatic nitrogens is 2. The zero-order chi connectivity index (χ0) is 22.0. The van der Waals surface area contributed by atoms with Gasteiger partial charge in [-0.05, 0) is 38.3 Å². The van der Waals surface area contributed by atoms with Crippen LogP contribution in [0.5, 0.6) is 0 Å². The Balaban J connectivity index is 1.47. The van der Waals surface area contributed by atoms with Crippen LogP contribution < -0.4 is 5.32 Å². The minimum Gasteiger partial charge on any atom is -0.452 e. The molecule has 2 aromatic heterocycles. The number of nitrogens with one attached hydrogen (secondary N) is 2. The fraction of sp³-hybridized carbons (Fsp3) is 0.348. The molecule has 0 aliphatic carbocycles. The number of rotatable bonds is 6. The fourth-order valence-electron chi connectivity index (χ4n) is 3.97. The van der Waals surface area contributed by atoms with Crippen LogP contribution in [-0.2, 0) is 20.8 Å². The van der Waals surface area contributed by atoms with Gasteiger partial charge < -0.3 is 24.3 Å². The molecule has 1 aliphatic rings. The van der Waals surface area contributed by atoms with Crippen molar-refractivity contribution in [1.29, 1.82) is 5.26 Å². The van der Waals surface area contributed by atoms with Crippen LogP contribution in [0.1, 0.15) is 40.0 Å². The van der Waals surface area contributed by atoms with E-state index in [1.54, 1.807) is 6.20 Å². The molecule has 0 radical (unpaired) electrons. The molecular weight excluding hydrogens is 396 g/mol. The first-order chi connectivity index (χ1) is 15.0. The van der Waals surface area contributed by atoms with Gasteiger partial charge in [-0.1, -0.05) is 18.2 Å². The van der Waals surface area contributed by atoms with Gasteiger partial charge in [0.05, 0.1) is 23.8 Å². The van der Waals surface area contributed by atoms with Gasteiger partial charge in [0.2, 0.25) is 0 Å². The lowest BCUT2D eigenvalue weighted by molar-refractivity contribution is -0.119. The molecule has 3 heterocycles. The van der Waals surface area contributed by atoms with Crippen LogP contribution in [0, 0.1) is 25.2 Å². The number of carbonyl (C=O) groups excluding carboxylic acids is 2. The number of nitriles is 1. The fourth-order valence-corrected chi connectivity index (χ4v) is 3.97. The molecule has 1 saturated heterocycles. The van der Waals surface area contributed by atoms with Crippen molar-refractivity contribution in [2.45, 2.75) is 39.3 Å². The Labute approximate surface area is 179 Å². The van der Waals surface area contributed by atoms with E-state index in [9.17, 15) is 14.9 Å². The van der Waals surface area contributed by atoms with E-state index in [1.165, 1.54) is 0 Å². The average Bonchev–Trinajstić information content (AvgIpc) is 3.48. The number of ether oxygens (including phenoxy) is 2. The van der Waals surface area contributed by atoms with Crippen LogP contribution in [0.15, 0.2) is 30.5 Å². The Hall–Kier alpha value is -3.57. The highest BCUT2D eigenvalue weighted by Crippen LogP contribution is 2.28. The Morgan fingerprint density at radius 2 is 2.16 bits per heavy atom. The van der Waals surface area contributed by atoms with Crippen molar-refractivity contribution in [1.82, 2.24) is 9.55 Å². The standard InChI is InChI=1S/C23H24N4O4/c1-14-15(2)27(12-16-6-5-9-30-16)22(18(14)10-24)26-21(28)13-31-23(29)19-11-25-20-8-4-3-7-17(19)20/h3-4,7-8,11,16,25H,5-6,9,12-13H2,1-2H3,(H,26,28)/t16-/m0/s1. The van der Waals surface area contributed by atoms with Crippen LogP contribution in [-0.4, -0.2) is 40.7 Å². The van der Waals surface area contributed by atoms with Gasteiger partial charge in [-0.25, -0.2) is 4.79 Å². The summed E-state index contributed by atoms with van der Waals surface area (Å²) in [6.07, 6.45) is 3.56. The van der Waals surface area contributed by atoms with Gasteiger partial charge in [0.25, 0.3) is 5.91 Å². The van der Waals surface area contributed by atoms with Gasteiger partial charge in [0, 0.05) is 29.4 Å². The van der Waals surface area contributed by atoms with Crippen molar-refractivity contribution in [3.8, 4) is 6.07 Å². The number of hydrogen-bond donors (Lipinski definition) is 2. The molecule has 1 aliphatic heterocycles. The molecule has 1 atom stereocenters. The molecule has 1 aromatic carbocycles. The second-order valence-electron chi connectivity index (χ2n) is 7.66. The molecule has 0 spiro atoms. The van der Waals surface area contributed by atoms with Crippen molar-refractivity contribution < 1.29 is 19.1 Å². The quantitative estimate of drug-likeness (QED) is 0.594. The summed E-state index contributed by atoms with van der Waals surface area (Å²) in [5.74, 6) is -0.674. The zero-order valence-electron chi connectivity index (χ0n) is 17.5. The van der Waals surface area contributed by atoms with E-state index >= 15 is 0 Å². The molecule has 0 unspecified atom stereocenters. The van der Waals surface area contributed by atoms with Gasteiger partial charge in [0.15, 0.2) is 6.61 Å². The van der Waals surface area contributed by atoms with E-state index in [-0.39, 0.29) is 6.10 Å². The number of benzene rings is 1. The summed E-state index contributed by atoms with van der Waals surface area (Å²) in [5.41, 5.74) is 3.31. The van der Waals surface area contributed by atoms with Crippen LogP contribution in [0.3, 0.4) is 0 Å². The molecule has 4 rings (SSSR count). The third kappa shape index (κ3) is 4.05. The lowest BCUT2D eigenvalue weighted by atomic mass is 10.2. The molecule has 8 nitrogen and oxygen atoms in total. The summed E-state index contributed by atoms with van der Waals surface area (Å²) in [6, 6.07) is 9.54. The summed E-state index contributed by atoms with van der Waals surface area (Å²) in [6.45, 7) is 4.59. The number of hydrogen-bond acceptors (Lipinski definition) is 5. The number of amides is 1. The van der Waals surface area contributed by atoms with Gasteiger partial charge in [0.1, 0.15) is 11.9 Å². The number of H-pyrrole nitrogens is 1. The molecule has 1 fully saturated rings. The van der Waals surface area contributed by atoms with Gasteiger partial charge in [-0.2, -0.15) is 5.26 Å². The van der Waals surface area contributed by atoms with Crippen molar-refractivity contribution >= 4 is 28.6 Å². The highest BCUT2D eigenvalue weighted by Gasteiger charge is 2.24. The third-order valence-electron chi connectivity index (χ3n) is 5.75. The number of para-hydroxylation sites is 1. The predicted octanol–water partition coefficient (Wildman–Crippen LogP) is 3.43. The summed E-state index contributed by atoms with van der Waals surface area (Å²) in [5, 5.41) is 13.1. The number of fused-ring (bicyclic) bond motifs is 1. The predicted molar refractivity (Wildman–Crippen MR) is 115 cm³/mol. The minimum atomic E-state index is -0.588. The van der Waals surface area contributed by atoms with E-state index < -0.39 is 18.5 Å². The summed E-state index contributed by atoms with van der Waals surface area (Å²) < 4.78 is 12.9. The summed E-state index contributed by atoms with van der Waals surface area (Å²) >= 11 is 0. The monoisotopic (exact) mass is 420 g/mol. The van der Waals surface area contributed by atoms with Crippen molar-refractivity contribution in [2.24, 2.45) is 0 Å². The molecule has 0 saturated carbocycles. The molecule has 3 aromatic rings. The molecule has 1 amide bonds. The number of aromatic amines is 1. The topological polar surface area (TPSA) is 109 Å². The summed E-state index contributed by atoms with van der Waals surface area (Å²) in [4.78, 5) is 28.0. The first-order valence-corrected chi connectivity index (χ1v) is 10.2. The number of carbonyl (C=O) groups is 2. The number of nitrogens with zero attached hydrogens (tertiary/aromatic N) is 2. The van der Waals surface area contributed by atoms with Gasteiger partial charge in [-0.15, -0.1) is 0 Å². The zero-order valence-corrected chi connectivity index (χ0v) is 17.5. The Kier molecular flexibility index (Phi) is 5.78. The molecule has 160 valence electrons. The van der Waals surface area contributed by atoms with Crippen LogP contribution in [0.2, 0.25) is 0 Å². The van der Waals surface area contributed by atoms with E-state index in [0.29, 0.717) is 23.5 Å². The lowest BCUT2D eigenvalue weighted by Gasteiger charge is -2.16. The third-order valence-corrected chi connectivity index (χ3v) is 5.75. The first kappa shape index (κ1) is 20.7. The van der Waals surface area contributed by atoms with Crippen LogP contribution >= 0.6 is 0 Å². The van der Waals surface area contributed by atoms with E-state index in [1.807, 2.05) is 42.7 Å². The smallest absolute Gasteiger partial charge is 0.340 e. The molecule has 0 bridgehead atoms. The summed E-state index contributed by atoms with van der Waals surface area (Å²) in [7, 11) is 0. The Morgan fingerprint density at radius 3 is 2.90 bits per heavy atom. The second-order valence-corrected chi connectivity index (χ2v) is 7.66. The van der Waals surface area contributed by atoms with Crippen LogP contribution in [0.25, 0.3) is 10.9 Å². The van der Waals surface area contributed by atoms with Gasteiger partial charge >= 0.3 is 5.97 Å². The highest BCUT2D eigenvalue weighted by molar-refractivity contribution is 6.05. The second kappa shape index (κ2) is 8.66.